The first-order valence-corrected chi connectivity index (χ1v) is 10.3. The zero-order chi connectivity index (χ0) is 20.6. The van der Waals surface area contributed by atoms with Crippen molar-refractivity contribution in [3.63, 3.8) is 0 Å². The highest BCUT2D eigenvalue weighted by molar-refractivity contribution is 6.07. The van der Waals surface area contributed by atoms with E-state index in [1.54, 1.807) is 6.07 Å². The van der Waals surface area contributed by atoms with E-state index in [4.69, 9.17) is 5.73 Å². The van der Waals surface area contributed by atoms with Crippen molar-refractivity contribution < 1.29 is 4.79 Å². The van der Waals surface area contributed by atoms with Gasteiger partial charge in [0.1, 0.15) is 0 Å². The summed E-state index contributed by atoms with van der Waals surface area (Å²) in [6.07, 6.45) is 5.47. The van der Waals surface area contributed by atoms with Gasteiger partial charge in [0.05, 0.1) is 5.56 Å². The van der Waals surface area contributed by atoms with E-state index in [2.05, 4.69) is 33.8 Å². The van der Waals surface area contributed by atoms with Gasteiger partial charge in [0, 0.05) is 31.9 Å². The molecule has 2 saturated carbocycles. The van der Waals surface area contributed by atoms with Crippen LogP contribution < -0.4 is 21.3 Å². The fourth-order valence-electron chi connectivity index (χ4n) is 4.64. The topological polar surface area (TPSA) is 96.2 Å². The van der Waals surface area contributed by atoms with Gasteiger partial charge in [-0.1, -0.05) is 13.0 Å². The number of rotatable bonds is 6. The minimum Gasteiger partial charge on any atom is -0.382 e. The second-order valence-corrected chi connectivity index (χ2v) is 8.78. The number of benzene rings is 1. The van der Waals surface area contributed by atoms with Crippen molar-refractivity contribution in [2.45, 2.75) is 51.1 Å². The Labute approximate surface area is 172 Å². The maximum absolute atomic E-state index is 12.9. The smallest absolute Gasteiger partial charge is 0.258 e. The van der Waals surface area contributed by atoms with E-state index in [1.165, 1.54) is 5.56 Å². The lowest BCUT2D eigenvalue weighted by Crippen LogP contribution is -2.57. The zero-order valence-electron chi connectivity index (χ0n) is 17.4. The minimum atomic E-state index is -0.179. The molecule has 1 heterocycles. The first-order valence-electron chi connectivity index (χ1n) is 10.3. The lowest BCUT2D eigenvalue weighted by Gasteiger charge is -2.57. The number of nitrogens with one attached hydrogen (secondary N) is 2. The summed E-state index contributed by atoms with van der Waals surface area (Å²) in [6.45, 7) is 2.12. The van der Waals surface area contributed by atoms with Gasteiger partial charge in [0.2, 0.25) is 0 Å². The Morgan fingerprint density at radius 3 is 2.52 bits per heavy atom. The van der Waals surface area contributed by atoms with Gasteiger partial charge in [-0.05, 0) is 67.3 Å². The van der Waals surface area contributed by atoms with Gasteiger partial charge >= 0.3 is 0 Å². The average molecular weight is 395 g/mol. The van der Waals surface area contributed by atoms with Crippen LogP contribution in [0.3, 0.4) is 0 Å². The molecule has 1 spiro atoms. The molecule has 154 valence electrons. The van der Waals surface area contributed by atoms with Crippen LogP contribution in [0.4, 0.5) is 17.3 Å². The Morgan fingerprint density at radius 2 is 1.93 bits per heavy atom. The third kappa shape index (κ3) is 4.05. The van der Waals surface area contributed by atoms with E-state index in [0.717, 1.165) is 43.6 Å². The molecular formula is C22H30N6O. The molecule has 4 N–H and O–H groups in total. The molecule has 7 nitrogen and oxygen atoms in total. The number of nitrogens with zero attached hydrogens (tertiary/aromatic N) is 3. The third-order valence-electron chi connectivity index (χ3n) is 6.20. The number of carbonyl (C=O) groups excluding carboxylic acids is 1. The Hall–Kier alpha value is -2.67. The van der Waals surface area contributed by atoms with Crippen molar-refractivity contribution in [1.29, 1.82) is 0 Å². The number of hydrogen-bond acceptors (Lipinski definition) is 6. The van der Waals surface area contributed by atoms with Crippen LogP contribution in [0.15, 0.2) is 30.3 Å². The van der Waals surface area contributed by atoms with Crippen LogP contribution in [0.25, 0.3) is 0 Å². The third-order valence-corrected chi connectivity index (χ3v) is 6.20. The predicted molar refractivity (Wildman–Crippen MR) is 116 cm³/mol. The normalized spacial score (nSPS) is 25.1. The Morgan fingerprint density at radius 1 is 1.17 bits per heavy atom. The fourth-order valence-corrected chi connectivity index (χ4v) is 4.64. The molecular weight excluding hydrogens is 364 g/mol. The number of nitrogens with two attached hydrogens (primary N) is 1. The molecule has 7 heteroatoms. The highest BCUT2D eigenvalue weighted by atomic mass is 16.1. The first-order chi connectivity index (χ1) is 13.9. The molecule has 0 radical (unpaired) electrons. The summed E-state index contributed by atoms with van der Waals surface area (Å²) in [5.74, 6) is 1.01. The van der Waals surface area contributed by atoms with Gasteiger partial charge in [0.15, 0.2) is 11.6 Å². The van der Waals surface area contributed by atoms with Gasteiger partial charge in [-0.15, -0.1) is 10.2 Å². The molecule has 0 unspecified atom stereocenters. The lowest BCUT2D eigenvalue weighted by molar-refractivity contribution is 0.00120. The van der Waals surface area contributed by atoms with Crippen LogP contribution in [0.5, 0.6) is 0 Å². The molecule has 2 fully saturated rings. The number of anilines is 3. The summed E-state index contributed by atoms with van der Waals surface area (Å²) in [5.41, 5.74) is 9.16. The van der Waals surface area contributed by atoms with E-state index in [9.17, 15) is 4.79 Å². The first kappa shape index (κ1) is 19.6. The molecule has 2 aliphatic rings. The SMILES string of the molecule is CCc1ccc(C(=O)Nc2ccc(N(C)C)nn2)c(NC2CC3(CC(N)C3)C2)c1. The number of amides is 1. The van der Waals surface area contributed by atoms with Crippen molar-refractivity contribution in [1.82, 2.24) is 10.2 Å². The van der Waals surface area contributed by atoms with Crippen molar-refractivity contribution in [2.24, 2.45) is 11.1 Å². The molecule has 1 aromatic carbocycles. The summed E-state index contributed by atoms with van der Waals surface area (Å²) in [4.78, 5) is 14.8. The second kappa shape index (κ2) is 7.63. The number of aromatic nitrogens is 2. The minimum absolute atomic E-state index is 0.179. The summed E-state index contributed by atoms with van der Waals surface area (Å²) >= 11 is 0. The molecule has 29 heavy (non-hydrogen) atoms. The molecule has 2 aliphatic carbocycles. The molecule has 4 rings (SSSR count). The van der Waals surface area contributed by atoms with Crippen LogP contribution in [-0.2, 0) is 6.42 Å². The van der Waals surface area contributed by atoms with E-state index in [1.807, 2.05) is 37.2 Å². The monoisotopic (exact) mass is 394 g/mol. The van der Waals surface area contributed by atoms with E-state index < -0.39 is 0 Å². The maximum Gasteiger partial charge on any atom is 0.258 e. The number of aryl methyl sites for hydroxylation is 1. The molecule has 0 atom stereocenters. The summed E-state index contributed by atoms with van der Waals surface area (Å²) in [5, 5.41) is 14.7. The van der Waals surface area contributed by atoms with E-state index in [-0.39, 0.29) is 5.91 Å². The quantitative estimate of drug-likeness (QED) is 0.697. The van der Waals surface area contributed by atoms with Crippen LogP contribution in [0, 0.1) is 5.41 Å². The number of carbonyl (C=O) groups is 1. The highest BCUT2D eigenvalue weighted by Gasteiger charge is 2.51. The number of hydrogen-bond donors (Lipinski definition) is 3. The largest absolute Gasteiger partial charge is 0.382 e. The molecule has 1 aromatic heterocycles. The molecule has 0 saturated heterocycles. The van der Waals surface area contributed by atoms with Crippen molar-refractivity contribution in [2.75, 3.05) is 29.6 Å². The van der Waals surface area contributed by atoms with Gasteiger partial charge in [-0.2, -0.15) is 0 Å². The van der Waals surface area contributed by atoms with Crippen LogP contribution >= 0.6 is 0 Å². The Kier molecular flexibility index (Phi) is 5.17. The molecule has 0 aliphatic heterocycles. The lowest BCUT2D eigenvalue weighted by atomic mass is 9.52. The molecule has 1 amide bonds. The Balaban J connectivity index is 1.46. The highest BCUT2D eigenvalue weighted by Crippen LogP contribution is 2.56. The summed E-state index contributed by atoms with van der Waals surface area (Å²) in [6, 6.07) is 10.4. The van der Waals surface area contributed by atoms with E-state index in [0.29, 0.717) is 28.9 Å². The average Bonchev–Trinajstić information content (AvgIpc) is 2.65. The van der Waals surface area contributed by atoms with Crippen molar-refractivity contribution >= 4 is 23.2 Å². The maximum atomic E-state index is 12.9. The zero-order valence-corrected chi connectivity index (χ0v) is 17.4. The fraction of sp³-hybridized carbons (Fsp3) is 0.500. The van der Waals surface area contributed by atoms with Gasteiger partial charge in [0.25, 0.3) is 5.91 Å². The van der Waals surface area contributed by atoms with E-state index >= 15 is 0 Å². The summed E-state index contributed by atoms with van der Waals surface area (Å²) < 4.78 is 0. The van der Waals surface area contributed by atoms with Gasteiger partial charge < -0.3 is 21.3 Å². The molecule has 2 aromatic rings. The van der Waals surface area contributed by atoms with Gasteiger partial charge in [-0.3, -0.25) is 4.79 Å². The van der Waals surface area contributed by atoms with Crippen LogP contribution in [0.2, 0.25) is 0 Å². The van der Waals surface area contributed by atoms with Crippen LogP contribution in [0.1, 0.15) is 48.5 Å². The summed E-state index contributed by atoms with van der Waals surface area (Å²) in [7, 11) is 3.80. The Bertz CT molecular complexity index is 881. The van der Waals surface area contributed by atoms with Crippen LogP contribution in [-0.4, -0.2) is 42.3 Å². The van der Waals surface area contributed by atoms with Crippen molar-refractivity contribution in [3.8, 4) is 0 Å². The van der Waals surface area contributed by atoms with Gasteiger partial charge in [-0.25, -0.2) is 0 Å². The standard InChI is InChI=1S/C22H30N6O/c1-4-14-5-6-17(21(29)25-19-7-8-20(27-26-19)28(2)3)18(9-14)24-16-12-22(13-16)10-15(23)11-22/h5-9,15-16,24H,4,10-13,23H2,1-3H3,(H,25,26,29). The second-order valence-electron chi connectivity index (χ2n) is 8.78. The van der Waals surface area contributed by atoms with Crippen molar-refractivity contribution in [3.05, 3.63) is 41.5 Å². The predicted octanol–water partition coefficient (Wildman–Crippen LogP) is 3.04. The molecule has 0 bridgehead atoms.